The number of carbonyl (C=O) groups excluding carboxylic acids is 1. The van der Waals surface area contributed by atoms with Crippen molar-refractivity contribution in [1.29, 1.82) is 0 Å². The molecule has 0 unspecified atom stereocenters. The first-order valence-electron chi connectivity index (χ1n) is 8.49. The Morgan fingerprint density at radius 1 is 1.15 bits per heavy atom. The summed E-state index contributed by atoms with van der Waals surface area (Å²) in [7, 11) is 1.61. The number of hydrogen-bond acceptors (Lipinski definition) is 4. The van der Waals surface area contributed by atoms with Gasteiger partial charge in [-0.05, 0) is 55.4 Å². The molecule has 2 aromatic carbocycles. The average molecular weight is 372 g/mol. The van der Waals surface area contributed by atoms with Crippen LogP contribution in [0, 0.1) is 6.92 Å². The molecule has 0 aromatic heterocycles. The van der Waals surface area contributed by atoms with E-state index < -0.39 is 0 Å². The van der Waals surface area contributed by atoms with Crippen LogP contribution >= 0.6 is 12.2 Å². The molecule has 0 fully saturated rings. The van der Waals surface area contributed by atoms with Crippen molar-refractivity contribution in [3.8, 4) is 11.5 Å². The van der Waals surface area contributed by atoms with E-state index in [1.54, 1.807) is 13.2 Å². The van der Waals surface area contributed by atoms with Gasteiger partial charge in [-0.25, -0.2) is 0 Å². The molecule has 0 aliphatic heterocycles. The fourth-order valence-electron chi connectivity index (χ4n) is 2.34. The van der Waals surface area contributed by atoms with Crippen LogP contribution in [0.1, 0.15) is 34.8 Å². The highest BCUT2D eigenvalue weighted by Gasteiger charge is 2.09. The first-order valence-corrected chi connectivity index (χ1v) is 8.90. The van der Waals surface area contributed by atoms with Gasteiger partial charge in [0.25, 0.3) is 5.91 Å². The second-order valence-electron chi connectivity index (χ2n) is 5.84. The number of nitrogens with one attached hydrogen (secondary N) is 2. The molecule has 0 radical (unpaired) electrons. The van der Waals surface area contributed by atoms with Crippen molar-refractivity contribution in [2.75, 3.05) is 13.7 Å². The van der Waals surface area contributed by atoms with E-state index in [0.717, 1.165) is 17.5 Å². The van der Waals surface area contributed by atoms with Gasteiger partial charge in [-0.15, -0.1) is 0 Å². The Morgan fingerprint density at radius 3 is 2.65 bits per heavy atom. The Kier molecular flexibility index (Phi) is 7.41. The standard InChI is InChI=1S/C20H24N2O3S/c1-4-10-25-17-9-8-15(12-18(17)24-3)13-21-20(26)22-19(23)16-7-5-6-14(2)11-16/h5-9,11-12H,4,10,13H2,1-3H3,(H2,21,22,23,26). The summed E-state index contributed by atoms with van der Waals surface area (Å²) in [6, 6.07) is 13.1. The molecular formula is C20H24N2O3S. The van der Waals surface area contributed by atoms with Gasteiger partial charge in [-0.3, -0.25) is 10.1 Å². The van der Waals surface area contributed by atoms with Crippen LogP contribution in [0.3, 0.4) is 0 Å². The number of thiocarbonyl (C=S) groups is 1. The van der Waals surface area contributed by atoms with E-state index in [4.69, 9.17) is 21.7 Å². The number of hydrogen-bond donors (Lipinski definition) is 2. The molecule has 0 saturated carbocycles. The van der Waals surface area contributed by atoms with E-state index >= 15 is 0 Å². The maximum Gasteiger partial charge on any atom is 0.257 e. The second kappa shape index (κ2) is 9.77. The lowest BCUT2D eigenvalue weighted by Crippen LogP contribution is -2.38. The van der Waals surface area contributed by atoms with Crippen LogP contribution in [0.15, 0.2) is 42.5 Å². The van der Waals surface area contributed by atoms with Crippen molar-refractivity contribution < 1.29 is 14.3 Å². The Bertz CT molecular complexity index is 777. The largest absolute Gasteiger partial charge is 0.493 e. The van der Waals surface area contributed by atoms with Crippen molar-refractivity contribution in [2.45, 2.75) is 26.8 Å². The predicted octanol–water partition coefficient (Wildman–Crippen LogP) is 3.60. The highest BCUT2D eigenvalue weighted by atomic mass is 32.1. The molecule has 0 aliphatic rings. The normalized spacial score (nSPS) is 10.1. The van der Waals surface area contributed by atoms with E-state index in [1.165, 1.54) is 0 Å². The van der Waals surface area contributed by atoms with Gasteiger partial charge in [-0.1, -0.05) is 30.7 Å². The lowest BCUT2D eigenvalue weighted by atomic mass is 10.1. The lowest BCUT2D eigenvalue weighted by Gasteiger charge is -2.13. The molecule has 138 valence electrons. The monoisotopic (exact) mass is 372 g/mol. The third-order valence-electron chi connectivity index (χ3n) is 3.65. The quantitative estimate of drug-likeness (QED) is 0.728. The van der Waals surface area contributed by atoms with Gasteiger partial charge < -0.3 is 14.8 Å². The Hall–Kier alpha value is -2.60. The third-order valence-corrected chi connectivity index (χ3v) is 3.90. The van der Waals surface area contributed by atoms with Gasteiger partial charge >= 0.3 is 0 Å². The van der Waals surface area contributed by atoms with Gasteiger partial charge in [-0.2, -0.15) is 0 Å². The molecular weight excluding hydrogens is 348 g/mol. The highest BCUT2D eigenvalue weighted by Crippen LogP contribution is 2.28. The van der Waals surface area contributed by atoms with Crippen LogP contribution in [0.2, 0.25) is 0 Å². The van der Waals surface area contributed by atoms with Crippen LogP contribution in [-0.4, -0.2) is 24.7 Å². The minimum Gasteiger partial charge on any atom is -0.493 e. The number of aryl methyl sites for hydroxylation is 1. The number of methoxy groups -OCH3 is 1. The second-order valence-corrected chi connectivity index (χ2v) is 6.25. The Labute approximate surface area is 159 Å². The molecule has 1 amide bonds. The number of amides is 1. The van der Waals surface area contributed by atoms with Crippen LogP contribution in [-0.2, 0) is 6.54 Å². The highest BCUT2D eigenvalue weighted by molar-refractivity contribution is 7.80. The summed E-state index contributed by atoms with van der Waals surface area (Å²) in [6.45, 7) is 5.10. The molecule has 0 spiro atoms. The molecule has 6 heteroatoms. The SMILES string of the molecule is CCCOc1ccc(CNC(=S)NC(=O)c2cccc(C)c2)cc1OC. The number of carbonyl (C=O) groups is 1. The summed E-state index contributed by atoms with van der Waals surface area (Å²) in [5.41, 5.74) is 2.57. The number of ether oxygens (including phenoxy) is 2. The number of rotatable bonds is 7. The summed E-state index contributed by atoms with van der Waals surface area (Å²) < 4.78 is 11.0. The maximum atomic E-state index is 12.2. The summed E-state index contributed by atoms with van der Waals surface area (Å²) in [5, 5.41) is 6.00. The Morgan fingerprint density at radius 2 is 1.96 bits per heavy atom. The molecule has 0 saturated heterocycles. The number of benzene rings is 2. The van der Waals surface area contributed by atoms with Crippen LogP contribution in [0.5, 0.6) is 11.5 Å². The van der Waals surface area contributed by atoms with Crippen molar-refractivity contribution in [1.82, 2.24) is 10.6 Å². The summed E-state index contributed by atoms with van der Waals surface area (Å²) in [5.74, 6) is 1.16. The van der Waals surface area contributed by atoms with Gasteiger partial charge in [0.15, 0.2) is 16.6 Å². The molecule has 0 heterocycles. The van der Waals surface area contributed by atoms with Crippen LogP contribution < -0.4 is 20.1 Å². The molecule has 2 rings (SSSR count). The fourth-order valence-corrected chi connectivity index (χ4v) is 2.51. The first kappa shape index (κ1) is 19.7. The summed E-state index contributed by atoms with van der Waals surface area (Å²) >= 11 is 5.21. The van der Waals surface area contributed by atoms with Crippen molar-refractivity contribution in [3.05, 3.63) is 59.2 Å². The first-order chi connectivity index (χ1) is 12.5. The molecule has 0 bridgehead atoms. The zero-order valence-corrected chi connectivity index (χ0v) is 16.1. The zero-order valence-electron chi connectivity index (χ0n) is 15.3. The zero-order chi connectivity index (χ0) is 18.9. The van der Waals surface area contributed by atoms with E-state index in [1.807, 2.05) is 43.3 Å². The van der Waals surface area contributed by atoms with Gasteiger partial charge in [0.1, 0.15) is 0 Å². The van der Waals surface area contributed by atoms with Crippen LogP contribution in [0.25, 0.3) is 0 Å². The van der Waals surface area contributed by atoms with E-state index in [-0.39, 0.29) is 11.0 Å². The van der Waals surface area contributed by atoms with E-state index in [2.05, 4.69) is 17.6 Å². The van der Waals surface area contributed by atoms with E-state index in [9.17, 15) is 4.79 Å². The van der Waals surface area contributed by atoms with Gasteiger partial charge in [0.2, 0.25) is 0 Å². The summed E-state index contributed by atoms with van der Waals surface area (Å²) in [6.07, 6.45) is 0.932. The third kappa shape index (κ3) is 5.74. The molecule has 0 aliphatic carbocycles. The van der Waals surface area contributed by atoms with Gasteiger partial charge in [0.05, 0.1) is 13.7 Å². The summed E-state index contributed by atoms with van der Waals surface area (Å²) in [4.78, 5) is 12.2. The molecule has 26 heavy (non-hydrogen) atoms. The Balaban J connectivity index is 1.91. The van der Waals surface area contributed by atoms with Crippen molar-refractivity contribution in [3.63, 3.8) is 0 Å². The van der Waals surface area contributed by atoms with E-state index in [0.29, 0.717) is 30.2 Å². The molecule has 0 atom stereocenters. The lowest BCUT2D eigenvalue weighted by molar-refractivity contribution is 0.0976. The van der Waals surface area contributed by atoms with Crippen LogP contribution in [0.4, 0.5) is 0 Å². The molecule has 2 N–H and O–H groups in total. The molecule has 5 nitrogen and oxygen atoms in total. The van der Waals surface area contributed by atoms with Gasteiger partial charge in [0, 0.05) is 12.1 Å². The molecule has 2 aromatic rings. The minimum absolute atomic E-state index is 0.230. The predicted molar refractivity (Wildman–Crippen MR) is 107 cm³/mol. The smallest absolute Gasteiger partial charge is 0.257 e. The topological polar surface area (TPSA) is 59.6 Å². The van der Waals surface area contributed by atoms with Crippen molar-refractivity contribution >= 4 is 23.2 Å². The average Bonchev–Trinajstić information content (AvgIpc) is 2.64. The fraction of sp³-hybridized carbons (Fsp3) is 0.300. The minimum atomic E-state index is -0.230. The maximum absolute atomic E-state index is 12.2. The van der Waals surface area contributed by atoms with Crippen molar-refractivity contribution in [2.24, 2.45) is 0 Å².